The Morgan fingerprint density at radius 3 is 2.67 bits per heavy atom. The van der Waals surface area contributed by atoms with E-state index in [4.69, 9.17) is 16.7 Å². The van der Waals surface area contributed by atoms with Crippen LogP contribution in [0.15, 0.2) is 24.5 Å². The summed E-state index contributed by atoms with van der Waals surface area (Å²) in [6.07, 6.45) is 1.45. The zero-order valence-corrected chi connectivity index (χ0v) is 7.75. The van der Waals surface area contributed by atoms with Crippen molar-refractivity contribution in [2.45, 2.75) is 0 Å². The van der Waals surface area contributed by atoms with Crippen LogP contribution in [0.1, 0.15) is 5.82 Å². The first-order valence-corrected chi connectivity index (χ1v) is 4.18. The van der Waals surface area contributed by atoms with Crippen LogP contribution in [0.25, 0.3) is 5.69 Å². The second kappa shape index (κ2) is 3.31. The fraction of sp³-hybridized carbons (Fsp3) is 0. The van der Waals surface area contributed by atoms with Gasteiger partial charge in [-0.1, -0.05) is 0 Å². The average molecular weight is 200 g/mol. The molecule has 15 heavy (non-hydrogen) atoms. The van der Waals surface area contributed by atoms with Crippen molar-refractivity contribution in [2.75, 3.05) is 11.5 Å². The number of aromatic nitrogens is 3. The third-order valence-electron chi connectivity index (χ3n) is 1.93. The third kappa shape index (κ3) is 1.58. The average Bonchev–Trinajstić information content (AvgIpc) is 2.70. The summed E-state index contributed by atoms with van der Waals surface area (Å²) in [4.78, 5) is 3.78. The van der Waals surface area contributed by atoms with Crippen LogP contribution in [0.3, 0.4) is 0 Å². The van der Waals surface area contributed by atoms with Gasteiger partial charge >= 0.3 is 0 Å². The standard InChI is InChI=1S/C9H8N6/c10-4-9-13-5-15(14-9)6-1-2-7(11)8(12)3-6/h1-3,5H,11-12H2. The summed E-state index contributed by atoms with van der Waals surface area (Å²) in [5, 5.41) is 12.5. The maximum atomic E-state index is 8.56. The number of nitriles is 1. The fourth-order valence-corrected chi connectivity index (χ4v) is 1.14. The number of benzene rings is 1. The molecule has 0 aliphatic carbocycles. The highest BCUT2D eigenvalue weighted by Gasteiger charge is 2.03. The molecule has 1 aromatic carbocycles. The number of nitrogen functional groups attached to an aromatic ring is 2. The molecule has 6 nitrogen and oxygen atoms in total. The van der Waals surface area contributed by atoms with Gasteiger partial charge in [0.15, 0.2) is 0 Å². The van der Waals surface area contributed by atoms with E-state index in [1.54, 1.807) is 18.2 Å². The fourth-order valence-electron chi connectivity index (χ4n) is 1.14. The van der Waals surface area contributed by atoms with E-state index in [-0.39, 0.29) is 5.82 Å². The monoisotopic (exact) mass is 200 g/mol. The van der Waals surface area contributed by atoms with Crippen LogP contribution in [0.4, 0.5) is 11.4 Å². The van der Waals surface area contributed by atoms with E-state index >= 15 is 0 Å². The molecule has 0 radical (unpaired) electrons. The SMILES string of the molecule is N#Cc1ncn(-c2ccc(N)c(N)c2)n1. The summed E-state index contributed by atoms with van der Waals surface area (Å²) in [5.41, 5.74) is 12.9. The second-order valence-electron chi connectivity index (χ2n) is 2.94. The van der Waals surface area contributed by atoms with Crippen molar-refractivity contribution in [2.24, 2.45) is 0 Å². The smallest absolute Gasteiger partial charge is 0.252 e. The molecule has 0 saturated heterocycles. The highest BCUT2D eigenvalue weighted by Crippen LogP contribution is 2.18. The van der Waals surface area contributed by atoms with Gasteiger partial charge in [-0.15, -0.1) is 5.10 Å². The zero-order valence-electron chi connectivity index (χ0n) is 7.75. The van der Waals surface area contributed by atoms with Crippen molar-refractivity contribution < 1.29 is 0 Å². The van der Waals surface area contributed by atoms with Crippen molar-refractivity contribution in [3.63, 3.8) is 0 Å². The van der Waals surface area contributed by atoms with E-state index in [1.165, 1.54) is 11.0 Å². The van der Waals surface area contributed by atoms with Gasteiger partial charge < -0.3 is 11.5 Å². The molecule has 6 heteroatoms. The molecule has 74 valence electrons. The van der Waals surface area contributed by atoms with Crippen molar-refractivity contribution in [3.8, 4) is 11.8 Å². The summed E-state index contributed by atoms with van der Waals surface area (Å²) in [6, 6.07) is 6.95. The van der Waals surface area contributed by atoms with Crippen LogP contribution in [-0.4, -0.2) is 14.8 Å². The van der Waals surface area contributed by atoms with Gasteiger partial charge in [-0.3, -0.25) is 0 Å². The second-order valence-corrected chi connectivity index (χ2v) is 2.94. The van der Waals surface area contributed by atoms with Crippen LogP contribution < -0.4 is 11.5 Å². The lowest BCUT2D eigenvalue weighted by atomic mass is 10.2. The van der Waals surface area contributed by atoms with E-state index in [0.29, 0.717) is 11.4 Å². The molecular weight excluding hydrogens is 192 g/mol. The zero-order chi connectivity index (χ0) is 10.8. The Balaban J connectivity index is 2.46. The molecule has 0 aliphatic heterocycles. The van der Waals surface area contributed by atoms with E-state index in [0.717, 1.165) is 5.69 Å². The Hall–Kier alpha value is -2.55. The molecule has 0 saturated carbocycles. The Labute approximate surface area is 85.8 Å². The number of anilines is 2. The summed E-state index contributed by atoms with van der Waals surface area (Å²) >= 11 is 0. The van der Waals surface area contributed by atoms with Gasteiger partial charge in [-0.25, -0.2) is 9.67 Å². The quantitative estimate of drug-likeness (QED) is 0.644. The topological polar surface area (TPSA) is 107 Å². The molecule has 0 bridgehead atoms. The highest BCUT2D eigenvalue weighted by atomic mass is 15.3. The van der Waals surface area contributed by atoms with Gasteiger partial charge in [0, 0.05) is 0 Å². The normalized spacial score (nSPS) is 9.80. The summed E-state index contributed by atoms with van der Waals surface area (Å²) in [5.74, 6) is 0.116. The van der Waals surface area contributed by atoms with Crippen molar-refractivity contribution in [3.05, 3.63) is 30.4 Å². The van der Waals surface area contributed by atoms with E-state index < -0.39 is 0 Å². The molecule has 2 rings (SSSR count). The Morgan fingerprint density at radius 1 is 1.27 bits per heavy atom. The van der Waals surface area contributed by atoms with Gasteiger partial charge in [0.05, 0.1) is 17.1 Å². The number of hydrogen-bond acceptors (Lipinski definition) is 5. The molecular formula is C9H8N6. The first-order chi connectivity index (χ1) is 7.20. The molecule has 2 aromatic rings. The van der Waals surface area contributed by atoms with Gasteiger partial charge in [-0.05, 0) is 18.2 Å². The van der Waals surface area contributed by atoms with Crippen LogP contribution in [0, 0.1) is 11.3 Å². The predicted molar refractivity (Wildman–Crippen MR) is 54.9 cm³/mol. The molecule has 1 aromatic heterocycles. The number of rotatable bonds is 1. The molecule has 4 N–H and O–H groups in total. The highest BCUT2D eigenvalue weighted by molar-refractivity contribution is 5.66. The minimum Gasteiger partial charge on any atom is -0.397 e. The lowest BCUT2D eigenvalue weighted by Gasteiger charge is -2.03. The van der Waals surface area contributed by atoms with Gasteiger partial charge in [0.25, 0.3) is 5.82 Å². The number of nitrogens with two attached hydrogens (primary N) is 2. The largest absolute Gasteiger partial charge is 0.397 e. The van der Waals surface area contributed by atoms with Crippen LogP contribution in [0.5, 0.6) is 0 Å². The minimum absolute atomic E-state index is 0.116. The number of hydrogen-bond donors (Lipinski definition) is 2. The van der Waals surface area contributed by atoms with E-state index in [9.17, 15) is 0 Å². The van der Waals surface area contributed by atoms with Crippen LogP contribution >= 0.6 is 0 Å². The summed E-state index contributed by atoms with van der Waals surface area (Å²) < 4.78 is 1.47. The van der Waals surface area contributed by atoms with Crippen molar-refractivity contribution in [1.29, 1.82) is 5.26 Å². The maximum Gasteiger partial charge on any atom is 0.252 e. The molecule has 0 fully saturated rings. The first-order valence-electron chi connectivity index (χ1n) is 4.18. The predicted octanol–water partition coefficient (Wildman–Crippen LogP) is 0.303. The first kappa shape index (κ1) is 9.02. The van der Waals surface area contributed by atoms with Gasteiger partial charge in [0.1, 0.15) is 12.4 Å². The van der Waals surface area contributed by atoms with E-state index in [2.05, 4.69) is 10.1 Å². The van der Waals surface area contributed by atoms with Gasteiger partial charge in [-0.2, -0.15) is 5.26 Å². The molecule has 0 atom stereocenters. The lowest BCUT2D eigenvalue weighted by Crippen LogP contribution is -1.99. The van der Waals surface area contributed by atoms with E-state index in [1.807, 2.05) is 6.07 Å². The summed E-state index contributed by atoms with van der Waals surface area (Å²) in [6.45, 7) is 0. The molecule has 0 amide bonds. The number of nitrogens with zero attached hydrogens (tertiary/aromatic N) is 4. The Morgan fingerprint density at radius 2 is 2.07 bits per heavy atom. The molecule has 0 unspecified atom stereocenters. The van der Waals surface area contributed by atoms with Crippen LogP contribution in [0.2, 0.25) is 0 Å². The minimum atomic E-state index is 0.116. The third-order valence-corrected chi connectivity index (χ3v) is 1.93. The molecule has 0 aliphatic rings. The Bertz CT molecular complexity index is 536. The lowest BCUT2D eigenvalue weighted by molar-refractivity contribution is 0.873. The van der Waals surface area contributed by atoms with Crippen molar-refractivity contribution >= 4 is 11.4 Å². The van der Waals surface area contributed by atoms with Crippen molar-refractivity contribution in [1.82, 2.24) is 14.8 Å². The maximum absolute atomic E-state index is 8.56. The summed E-state index contributed by atoms with van der Waals surface area (Å²) in [7, 11) is 0. The Kier molecular flexibility index (Phi) is 1.99. The van der Waals surface area contributed by atoms with Gasteiger partial charge in [0.2, 0.25) is 0 Å². The van der Waals surface area contributed by atoms with Crippen LogP contribution in [-0.2, 0) is 0 Å². The molecule has 1 heterocycles. The molecule has 0 spiro atoms.